The minimum absolute atomic E-state index is 0.201. The van der Waals surface area contributed by atoms with Gasteiger partial charge in [-0.25, -0.2) is 14.8 Å². The number of methoxy groups -OCH3 is 1. The summed E-state index contributed by atoms with van der Waals surface area (Å²) in [6, 6.07) is 32.2. The van der Waals surface area contributed by atoms with E-state index in [1.54, 1.807) is 13.3 Å². The number of benzene rings is 4. The summed E-state index contributed by atoms with van der Waals surface area (Å²) >= 11 is 6.37. The van der Waals surface area contributed by atoms with E-state index in [0.29, 0.717) is 47.9 Å². The van der Waals surface area contributed by atoms with E-state index in [2.05, 4.69) is 61.4 Å². The van der Waals surface area contributed by atoms with Gasteiger partial charge < -0.3 is 24.6 Å². The van der Waals surface area contributed by atoms with Crippen molar-refractivity contribution >= 4 is 23.3 Å². The molecule has 9 rings (SSSR count). The molecule has 0 amide bonds. The highest BCUT2D eigenvalue weighted by Gasteiger charge is 2.54. The molecule has 3 aliphatic rings. The molecule has 330 valence electrons. The smallest absolute Gasteiger partial charge is 0.329 e. The number of para-hydroxylation sites is 1. The van der Waals surface area contributed by atoms with Crippen molar-refractivity contribution in [3.05, 3.63) is 148 Å². The SMILES string of the molecule is COc1ccccc1-c1nccc(COc2ccc(C)c(-c3ccc4c(c3)C3(CCC(Nc5cccc(Cl)c5)(C(=O)O)CC3)C(C[C@@H](C)COc3ccnc5c3[C@H](C)CCC5)C4)c2)n1. The van der Waals surface area contributed by atoms with Crippen LogP contribution >= 0.6 is 11.6 Å². The van der Waals surface area contributed by atoms with Crippen LogP contribution < -0.4 is 19.5 Å². The van der Waals surface area contributed by atoms with Gasteiger partial charge in [0.1, 0.15) is 29.4 Å². The maximum absolute atomic E-state index is 13.2. The fourth-order valence-corrected chi connectivity index (χ4v) is 11.1. The highest BCUT2D eigenvalue weighted by molar-refractivity contribution is 6.30. The van der Waals surface area contributed by atoms with Crippen LogP contribution in [0.4, 0.5) is 5.69 Å². The predicted molar refractivity (Wildman–Crippen MR) is 253 cm³/mol. The zero-order valence-electron chi connectivity index (χ0n) is 37.2. The Kier molecular flexibility index (Phi) is 12.4. The van der Waals surface area contributed by atoms with Gasteiger partial charge in [0.2, 0.25) is 0 Å². The number of aryl methyl sites for hydroxylation is 2. The maximum Gasteiger partial charge on any atom is 0.329 e. The second kappa shape index (κ2) is 18.3. The Morgan fingerprint density at radius 1 is 0.906 bits per heavy atom. The van der Waals surface area contributed by atoms with Gasteiger partial charge in [0.25, 0.3) is 0 Å². The number of pyridine rings is 1. The normalized spacial score (nSPS) is 21.7. The Morgan fingerprint density at radius 3 is 2.55 bits per heavy atom. The number of hydrogen-bond acceptors (Lipinski definition) is 8. The van der Waals surface area contributed by atoms with Crippen molar-refractivity contribution in [2.45, 2.75) is 102 Å². The number of hydrogen-bond donors (Lipinski definition) is 2. The number of carbonyl (C=O) groups is 1. The van der Waals surface area contributed by atoms with E-state index in [1.807, 2.05) is 72.9 Å². The van der Waals surface area contributed by atoms with Gasteiger partial charge in [-0.2, -0.15) is 0 Å². The van der Waals surface area contributed by atoms with E-state index in [-0.39, 0.29) is 17.9 Å². The van der Waals surface area contributed by atoms with Gasteiger partial charge >= 0.3 is 5.97 Å². The van der Waals surface area contributed by atoms with Gasteiger partial charge in [-0.1, -0.05) is 67.9 Å². The van der Waals surface area contributed by atoms with Crippen LogP contribution in [0, 0.1) is 18.8 Å². The summed E-state index contributed by atoms with van der Waals surface area (Å²) in [6.07, 6.45) is 11.4. The van der Waals surface area contributed by atoms with Crippen molar-refractivity contribution in [3.63, 3.8) is 0 Å². The summed E-state index contributed by atoms with van der Waals surface area (Å²) in [7, 11) is 1.65. The van der Waals surface area contributed by atoms with E-state index >= 15 is 0 Å². The van der Waals surface area contributed by atoms with E-state index < -0.39 is 11.5 Å². The van der Waals surface area contributed by atoms with Crippen LogP contribution in [0.25, 0.3) is 22.5 Å². The molecule has 6 aromatic rings. The number of anilines is 1. The number of fused-ring (bicyclic) bond motifs is 3. The number of nitrogens with zero attached hydrogens (tertiary/aromatic N) is 3. The molecule has 2 heterocycles. The van der Waals surface area contributed by atoms with Crippen LogP contribution in [-0.4, -0.2) is 45.3 Å². The Morgan fingerprint density at radius 2 is 1.73 bits per heavy atom. The fourth-order valence-electron chi connectivity index (χ4n) is 10.9. The first-order chi connectivity index (χ1) is 31.0. The molecule has 3 atom stereocenters. The number of carboxylic acids is 1. The molecule has 1 saturated carbocycles. The molecule has 1 spiro atoms. The van der Waals surface area contributed by atoms with Crippen LogP contribution in [0.5, 0.6) is 17.2 Å². The van der Waals surface area contributed by atoms with Crippen LogP contribution in [0.3, 0.4) is 0 Å². The second-order valence-corrected chi connectivity index (χ2v) is 18.8. The first-order valence-corrected chi connectivity index (χ1v) is 23.1. The van der Waals surface area contributed by atoms with Crippen LogP contribution in [0.2, 0.25) is 5.02 Å². The van der Waals surface area contributed by atoms with Gasteiger partial charge in [0.05, 0.1) is 25.0 Å². The lowest BCUT2D eigenvalue weighted by molar-refractivity contribution is -0.144. The Bertz CT molecular complexity index is 2660. The molecule has 2 aromatic heterocycles. The first-order valence-electron chi connectivity index (χ1n) is 22.7. The number of aromatic nitrogens is 3. The maximum atomic E-state index is 13.2. The predicted octanol–water partition coefficient (Wildman–Crippen LogP) is 12.2. The average molecular weight is 878 g/mol. The van der Waals surface area contributed by atoms with Crippen LogP contribution in [0.1, 0.15) is 98.4 Å². The van der Waals surface area contributed by atoms with Gasteiger partial charge in [-0.15, -0.1) is 0 Å². The standard InChI is InChI=1S/C54H57ClN4O5/c1-34(32-64-49-20-26-56-47-13-7-9-36(3)50(47)49)27-39-28-38-17-16-37(29-46(38)53(39)21-23-54(24-22-53,52(60)61)59-41-11-8-10-40(55)30-41)45-31-43(18-15-35(45)2)63-33-42-19-25-57-51(58-42)44-12-5-6-14-48(44)62-4/h5-6,8,10-12,14-20,25-26,29-31,34,36,39,59H,7,9,13,21-24,27-28,32-33H2,1-4H3,(H,60,61)/t34-,36-,39?,53?,54?/m1/s1. The Balaban J connectivity index is 0.985. The molecule has 0 saturated heterocycles. The molecule has 1 fully saturated rings. The molecule has 0 radical (unpaired) electrons. The molecule has 4 aromatic carbocycles. The van der Waals surface area contributed by atoms with Crippen molar-refractivity contribution in [3.8, 4) is 39.8 Å². The lowest BCUT2D eigenvalue weighted by Crippen LogP contribution is -2.53. The highest BCUT2D eigenvalue weighted by atomic mass is 35.5. The van der Waals surface area contributed by atoms with Crippen molar-refractivity contribution in [1.29, 1.82) is 0 Å². The van der Waals surface area contributed by atoms with Crippen molar-refractivity contribution in [2.24, 2.45) is 11.8 Å². The fraction of sp³-hybridized carbons (Fsp3) is 0.370. The second-order valence-electron chi connectivity index (χ2n) is 18.4. The summed E-state index contributed by atoms with van der Waals surface area (Å²) in [4.78, 5) is 27.3. The third kappa shape index (κ3) is 8.67. The molecule has 10 heteroatoms. The van der Waals surface area contributed by atoms with Gasteiger partial charge in [0.15, 0.2) is 5.82 Å². The van der Waals surface area contributed by atoms with E-state index in [9.17, 15) is 9.90 Å². The summed E-state index contributed by atoms with van der Waals surface area (Å²) in [6.45, 7) is 7.63. The minimum Gasteiger partial charge on any atom is -0.496 e. The zero-order chi connectivity index (χ0) is 44.4. The number of ether oxygens (including phenoxy) is 3. The Labute approximate surface area is 381 Å². The number of halogens is 1. The topological polar surface area (TPSA) is 116 Å². The molecule has 3 aliphatic carbocycles. The van der Waals surface area contributed by atoms with E-state index in [0.717, 1.165) is 83.7 Å². The molecule has 64 heavy (non-hydrogen) atoms. The quantitative estimate of drug-likeness (QED) is 0.110. The molecule has 0 aliphatic heterocycles. The molecule has 2 N–H and O–H groups in total. The summed E-state index contributed by atoms with van der Waals surface area (Å²) < 4.78 is 18.6. The summed E-state index contributed by atoms with van der Waals surface area (Å²) in [5.41, 5.74) is 9.54. The molecular formula is C54H57ClN4O5. The third-order valence-corrected chi connectivity index (χ3v) is 14.5. The van der Waals surface area contributed by atoms with E-state index in [4.69, 9.17) is 35.8 Å². The third-order valence-electron chi connectivity index (χ3n) is 14.3. The zero-order valence-corrected chi connectivity index (χ0v) is 38.0. The van der Waals surface area contributed by atoms with E-state index in [1.165, 1.54) is 28.8 Å². The Hall–Kier alpha value is -5.93. The first kappa shape index (κ1) is 43.3. The number of carboxylic acid groups (broad SMARTS) is 1. The van der Waals surface area contributed by atoms with Crippen LogP contribution in [0.15, 0.2) is 109 Å². The van der Waals surface area contributed by atoms with Crippen molar-refractivity contribution in [1.82, 2.24) is 15.0 Å². The lowest BCUT2D eigenvalue weighted by atomic mass is 9.59. The van der Waals surface area contributed by atoms with Gasteiger partial charge in [-0.05, 0) is 170 Å². The highest BCUT2D eigenvalue weighted by Crippen LogP contribution is 2.57. The molecule has 1 unspecified atom stereocenters. The van der Waals surface area contributed by atoms with Gasteiger partial charge in [-0.3, -0.25) is 4.98 Å². The molecular weight excluding hydrogens is 820 g/mol. The summed E-state index contributed by atoms with van der Waals surface area (Å²) in [5.74, 6) is 3.25. The lowest BCUT2D eigenvalue weighted by Gasteiger charge is -2.47. The summed E-state index contributed by atoms with van der Waals surface area (Å²) in [5, 5.41) is 14.9. The van der Waals surface area contributed by atoms with Crippen LogP contribution in [-0.2, 0) is 29.7 Å². The molecule has 0 bridgehead atoms. The number of nitrogens with one attached hydrogen (secondary N) is 1. The van der Waals surface area contributed by atoms with Crippen molar-refractivity contribution < 1.29 is 24.1 Å². The number of rotatable bonds is 14. The largest absolute Gasteiger partial charge is 0.496 e. The van der Waals surface area contributed by atoms with Crippen molar-refractivity contribution in [2.75, 3.05) is 19.0 Å². The monoisotopic (exact) mass is 876 g/mol. The number of aliphatic carboxylic acids is 1. The average Bonchev–Trinajstić information content (AvgIpc) is 3.59. The van der Waals surface area contributed by atoms with Gasteiger partial charge in [0, 0.05) is 34.4 Å². The molecule has 9 nitrogen and oxygen atoms in total. The minimum atomic E-state index is -1.10.